The van der Waals surface area contributed by atoms with Gasteiger partial charge in [-0.25, -0.2) is 4.98 Å². The molecule has 0 saturated carbocycles. The minimum atomic E-state index is 0.0788. The second kappa shape index (κ2) is 12.0. The number of halogens is 2. The van der Waals surface area contributed by atoms with Gasteiger partial charge in [-0.2, -0.15) is 4.98 Å². The number of carbonyl (C=O) groups is 1. The summed E-state index contributed by atoms with van der Waals surface area (Å²) in [6, 6.07) is 1.68. The summed E-state index contributed by atoms with van der Waals surface area (Å²) in [5.41, 5.74) is 8.33. The third-order valence-electron chi connectivity index (χ3n) is 6.60. The van der Waals surface area contributed by atoms with Crippen LogP contribution in [-0.4, -0.2) is 85.7 Å². The van der Waals surface area contributed by atoms with E-state index in [9.17, 15) is 4.79 Å². The van der Waals surface area contributed by atoms with Gasteiger partial charge in [-0.05, 0) is 37.6 Å². The van der Waals surface area contributed by atoms with Crippen LogP contribution in [0.1, 0.15) is 24.5 Å². The number of nitrogens with zero attached hydrogens (tertiary/aromatic N) is 5. The maximum atomic E-state index is 12.1. The van der Waals surface area contributed by atoms with Crippen molar-refractivity contribution >= 4 is 52.5 Å². The number of rotatable bonds is 8. The maximum absolute atomic E-state index is 12.1. The van der Waals surface area contributed by atoms with Gasteiger partial charge in [0.15, 0.2) is 0 Å². The molecule has 198 valence electrons. The standard InChI is InChI=1S/C26H32Cl2N6O3/c1-4-6-21(35)33-11-9-32(10-12-33)7-5-8-34-16-18(13-17-15-30-26(29)31-25(17)34)22-23(27)19(36-2)14-20(37-3)24(22)28/h4,6,13-15H,5,7-12,16H2,1-3H3,(H2,29,30,31)/b6-4+. The van der Waals surface area contributed by atoms with Crippen molar-refractivity contribution in [2.75, 3.05) is 70.7 Å². The van der Waals surface area contributed by atoms with Gasteiger partial charge >= 0.3 is 0 Å². The molecule has 0 bridgehead atoms. The minimum absolute atomic E-state index is 0.0788. The number of benzene rings is 1. The molecule has 9 nitrogen and oxygen atoms in total. The number of hydrogen-bond acceptors (Lipinski definition) is 8. The van der Waals surface area contributed by atoms with Gasteiger partial charge in [0.25, 0.3) is 0 Å². The normalized spacial score (nSPS) is 16.1. The Bertz CT molecular complexity index is 1180. The molecule has 0 aliphatic carbocycles. The van der Waals surface area contributed by atoms with E-state index in [0.29, 0.717) is 33.7 Å². The van der Waals surface area contributed by atoms with Gasteiger partial charge < -0.3 is 25.0 Å². The molecule has 3 heterocycles. The maximum Gasteiger partial charge on any atom is 0.246 e. The van der Waals surface area contributed by atoms with E-state index in [2.05, 4.69) is 19.8 Å². The van der Waals surface area contributed by atoms with E-state index < -0.39 is 0 Å². The first-order valence-corrected chi connectivity index (χ1v) is 12.9. The van der Waals surface area contributed by atoms with Crippen LogP contribution >= 0.6 is 23.2 Å². The Morgan fingerprint density at radius 1 is 1.11 bits per heavy atom. The first-order valence-electron chi connectivity index (χ1n) is 12.2. The number of anilines is 2. The summed E-state index contributed by atoms with van der Waals surface area (Å²) in [6.07, 6.45) is 8.01. The SMILES string of the molecule is C/C=C/C(=O)N1CCN(CCCN2CC(c3c(Cl)c(OC)cc(OC)c3Cl)=Cc3cnc(N)nc32)CC1. The zero-order valence-electron chi connectivity index (χ0n) is 21.3. The Morgan fingerprint density at radius 2 is 1.78 bits per heavy atom. The lowest BCUT2D eigenvalue weighted by molar-refractivity contribution is -0.127. The molecule has 1 amide bonds. The number of nitrogen functional groups attached to an aromatic ring is 1. The van der Waals surface area contributed by atoms with Crippen molar-refractivity contribution in [1.29, 1.82) is 0 Å². The van der Waals surface area contributed by atoms with E-state index in [1.165, 1.54) is 0 Å². The van der Waals surface area contributed by atoms with Gasteiger partial charge in [-0.3, -0.25) is 9.69 Å². The lowest BCUT2D eigenvalue weighted by atomic mass is 9.98. The number of amides is 1. The van der Waals surface area contributed by atoms with Crippen molar-refractivity contribution in [2.24, 2.45) is 0 Å². The van der Waals surface area contributed by atoms with Crippen LogP contribution in [0.3, 0.4) is 0 Å². The average Bonchev–Trinajstić information content (AvgIpc) is 2.89. The fraction of sp³-hybridized carbons (Fsp3) is 0.423. The third-order valence-corrected chi connectivity index (χ3v) is 7.35. The Balaban J connectivity index is 1.51. The molecule has 2 aliphatic heterocycles. The Kier molecular flexibility index (Phi) is 8.79. The Morgan fingerprint density at radius 3 is 2.41 bits per heavy atom. The highest BCUT2D eigenvalue weighted by atomic mass is 35.5. The molecule has 37 heavy (non-hydrogen) atoms. The number of allylic oxidation sites excluding steroid dienone is 1. The molecule has 11 heteroatoms. The van der Waals surface area contributed by atoms with Crippen molar-refractivity contribution in [1.82, 2.24) is 19.8 Å². The molecular formula is C26H32Cl2N6O3. The van der Waals surface area contributed by atoms with E-state index in [4.69, 9.17) is 38.4 Å². The van der Waals surface area contributed by atoms with Crippen LogP contribution in [0, 0.1) is 0 Å². The van der Waals surface area contributed by atoms with Crippen molar-refractivity contribution in [2.45, 2.75) is 13.3 Å². The average molecular weight is 547 g/mol. The largest absolute Gasteiger partial charge is 0.495 e. The number of carbonyl (C=O) groups excluding carboxylic acids is 1. The highest BCUT2D eigenvalue weighted by molar-refractivity contribution is 6.39. The molecule has 4 rings (SSSR count). The predicted octanol–water partition coefficient (Wildman–Crippen LogP) is 3.85. The number of aromatic nitrogens is 2. The van der Waals surface area contributed by atoms with Gasteiger partial charge in [0.05, 0.1) is 24.3 Å². The number of nitrogens with two attached hydrogens (primary N) is 1. The van der Waals surface area contributed by atoms with Gasteiger partial charge in [0, 0.05) is 62.7 Å². The fourth-order valence-corrected chi connectivity index (χ4v) is 5.44. The summed E-state index contributed by atoms with van der Waals surface area (Å²) in [5.74, 6) is 2.05. The number of piperazine rings is 1. The topological polar surface area (TPSA) is 97.1 Å². The van der Waals surface area contributed by atoms with Crippen LogP contribution in [0.25, 0.3) is 11.6 Å². The van der Waals surface area contributed by atoms with E-state index in [-0.39, 0.29) is 11.9 Å². The van der Waals surface area contributed by atoms with Crippen molar-refractivity contribution in [3.05, 3.63) is 45.6 Å². The lowest BCUT2D eigenvalue weighted by Gasteiger charge is -2.35. The van der Waals surface area contributed by atoms with Crippen molar-refractivity contribution in [3.8, 4) is 11.5 Å². The highest BCUT2D eigenvalue weighted by Crippen LogP contribution is 2.45. The molecule has 0 unspecified atom stereocenters. The second-order valence-electron chi connectivity index (χ2n) is 8.90. The molecule has 2 aliphatic rings. The van der Waals surface area contributed by atoms with Crippen LogP contribution in [-0.2, 0) is 4.79 Å². The number of hydrogen-bond donors (Lipinski definition) is 1. The first kappa shape index (κ1) is 27.0. The third kappa shape index (κ3) is 5.95. The van der Waals surface area contributed by atoms with Crippen LogP contribution in [0.2, 0.25) is 10.0 Å². The van der Waals surface area contributed by atoms with Gasteiger partial charge in [-0.15, -0.1) is 0 Å². The van der Waals surface area contributed by atoms with Crippen LogP contribution < -0.4 is 20.1 Å². The molecule has 1 fully saturated rings. The summed E-state index contributed by atoms with van der Waals surface area (Å²) in [7, 11) is 3.12. The van der Waals surface area contributed by atoms with Crippen molar-refractivity contribution in [3.63, 3.8) is 0 Å². The summed E-state index contributed by atoms with van der Waals surface area (Å²) < 4.78 is 10.9. The molecular weight excluding hydrogens is 515 g/mol. The molecule has 2 N–H and O–H groups in total. The lowest BCUT2D eigenvalue weighted by Crippen LogP contribution is -2.48. The molecule has 0 spiro atoms. The summed E-state index contributed by atoms with van der Waals surface area (Å²) in [4.78, 5) is 27.3. The second-order valence-corrected chi connectivity index (χ2v) is 9.66. The monoisotopic (exact) mass is 546 g/mol. The molecule has 1 aromatic heterocycles. The van der Waals surface area contributed by atoms with Gasteiger partial charge in [0.2, 0.25) is 11.9 Å². The summed E-state index contributed by atoms with van der Waals surface area (Å²) >= 11 is 13.4. The molecule has 0 radical (unpaired) electrons. The molecule has 2 aromatic rings. The van der Waals surface area contributed by atoms with E-state index in [0.717, 1.165) is 62.6 Å². The van der Waals surface area contributed by atoms with E-state index in [1.54, 1.807) is 38.6 Å². The zero-order chi connectivity index (χ0) is 26.5. The van der Waals surface area contributed by atoms with Crippen LogP contribution in [0.5, 0.6) is 11.5 Å². The summed E-state index contributed by atoms with van der Waals surface area (Å²) in [6.45, 7) is 7.23. The molecule has 1 saturated heterocycles. The zero-order valence-corrected chi connectivity index (χ0v) is 22.8. The van der Waals surface area contributed by atoms with Gasteiger partial charge in [0.1, 0.15) is 17.3 Å². The minimum Gasteiger partial charge on any atom is -0.495 e. The molecule has 0 atom stereocenters. The summed E-state index contributed by atoms with van der Waals surface area (Å²) in [5, 5.41) is 0.842. The van der Waals surface area contributed by atoms with Crippen molar-refractivity contribution < 1.29 is 14.3 Å². The van der Waals surface area contributed by atoms with E-state index in [1.807, 2.05) is 17.9 Å². The van der Waals surface area contributed by atoms with Crippen LogP contribution in [0.15, 0.2) is 24.4 Å². The quantitative estimate of drug-likeness (QED) is 0.498. The Labute approximate surface area is 227 Å². The number of ether oxygens (including phenoxy) is 2. The smallest absolute Gasteiger partial charge is 0.246 e. The fourth-order valence-electron chi connectivity index (χ4n) is 4.69. The predicted molar refractivity (Wildman–Crippen MR) is 149 cm³/mol. The van der Waals surface area contributed by atoms with Crippen LogP contribution in [0.4, 0.5) is 11.8 Å². The number of methoxy groups -OCH3 is 2. The molecule has 1 aromatic carbocycles. The Hall–Kier alpha value is -3.01. The first-order chi connectivity index (χ1) is 17.9. The van der Waals surface area contributed by atoms with Gasteiger partial charge in [-0.1, -0.05) is 29.3 Å². The number of fused-ring (bicyclic) bond motifs is 1. The van der Waals surface area contributed by atoms with E-state index >= 15 is 0 Å². The highest BCUT2D eigenvalue weighted by Gasteiger charge is 2.27.